The van der Waals surface area contributed by atoms with E-state index in [0.717, 1.165) is 8.78 Å². The molecule has 0 bridgehead atoms. The van der Waals surface area contributed by atoms with Crippen LogP contribution >= 0.6 is 27.5 Å². The van der Waals surface area contributed by atoms with Crippen LogP contribution in [0, 0.1) is 6.92 Å². The summed E-state index contributed by atoms with van der Waals surface area (Å²) in [4.78, 5) is 12.6. The van der Waals surface area contributed by atoms with Crippen LogP contribution in [0.25, 0.3) is 0 Å². The molecule has 0 radical (unpaired) electrons. The fourth-order valence-electron chi connectivity index (χ4n) is 2.72. The van der Waals surface area contributed by atoms with Crippen molar-refractivity contribution in [3.63, 3.8) is 0 Å². The first-order valence-corrected chi connectivity index (χ1v) is 11.8. The zero-order chi connectivity index (χ0) is 23.3. The van der Waals surface area contributed by atoms with Gasteiger partial charge in [0.15, 0.2) is 0 Å². The number of hydrogen-bond acceptors (Lipinski definition) is 6. The molecule has 3 aromatic rings. The Hall–Kier alpha value is -2.82. The highest BCUT2D eigenvalue weighted by atomic mass is 79.9. The quantitative estimate of drug-likeness (QED) is 0.338. The number of halogens is 2. The molecule has 32 heavy (non-hydrogen) atoms. The predicted octanol–water partition coefficient (Wildman–Crippen LogP) is 4.36. The van der Waals surface area contributed by atoms with Crippen molar-refractivity contribution in [3.8, 4) is 5.75 Å². The standard InChI is InChI=1S/C21H19BrClN3O5S/c1-14-18(22)11-16(31-14)12-24-25-21(27)13-26(15-8-9-20(30-2)19(23)10-15)32(28,29)17-6-4-3-5-7-17/h3-12H,13H2,1-2H3,(H,25,27). The second-order valence-electron chi connectivity index (χ2n) is 6.49. The van der Waals surface area contributed by atoms with E-state index in [1.54, 1.807) is 31.2 Å². The molecule has 0 spiro atoms. The maximum Gasteiger partial charge on any atom is 0.264 e. The largest absolute Gasteiger partial charge is 0.495 e. The summed E-state index contributed by atoms with van der Waals surface area (Å²) in [7, 11) is -2.62. The zero-order valence-electron chi connectivity index (χ0n) is 17.1. The highest BCUT2D eigenvalue weighted by molar-refractivity contribution is 9.10. The van der Waals surface area contributed by atoms with E-state index in [-0.39, 0.29) is 15.6 Å². The van der Waals surface area contributed by atoms with Crippen LogP contribution in [0.5, 0.6) is 5.75 Å². The Morgan fingerprint density at radius 3 is 2.56 bits per heavy atom. The van der Waals surface area contributed by atoms with Crippen LogP contribution in [-0.4, -0.2) is 34.2 Å². The average Bonchev–Trinajstić information content (AvgIpc) is 3.09. The molecule has 1 N–H and O–H groups in total. The minimum absolute atomic E-state index is 0.0270. The molecule has 0 aliphatic carbocycles. The van der Waals surface area contributed by atoms with Crippen molar-refractivity contribution < 1.29 is 22.4 Å². The summed E-state index contributed by atoms with van der Waals surface area (Å²) in [5.74, 6) is 0.802. The molecule has 1 amide bonds. The molecule has 0 aliphatic rings. The highest BCUT2D eigenvalue weighted by Crippen LogP contribution is 2.31. The molecule has 11 heteroatoms. The highest BCUT2D eigenvalue weighted by Gasteiger charge is 2.27. The van der Waals surface area contributed by atoms with E-state index in [1.807, 2.05) is 0 Å². The van der Waals surface area contributed by atoms with E-state index in [0.29, 0.717) is 17.3 Å². The lowest BCUT2D eigenvalue weighted by atomic mass is 10.3. The van der Waals surface area contributed by atoms with Gasteiger partial charge >= 0.3 is 0 Å². The number of nitrogens with zero attached hydrogens (tertiary/aromatic N) is 2. The number of nitrogens with one attached hydrogen (secondary N) is 1. The molecular weight excluding hydrogens is 522 g/mol. The number of hydrogen-bond donors (Lipinski definition) is 1. The Labute approximate surface area is 199 Å². The molecule has 0 saturated carbocycles. The van der Waals surface area contributed by atoms with E-state index >= 15 is 0 Å². The number of anilines is 1. The van der Waals surface area contributed by atoms with Crippen molar-refractivity contribution >= 4 is 55.4 Å². The minimum Gasteiger partial charge on any atom is -0.495 e. The van der Waals surface area contributed by atoms with Crippen molar-refractivity contribution in [1.29, 1.82) is 0 Å². The Kier molecular flexibility index (Phi) is 7.60. The van der Waals surface area contributed by atoms with Crippen molar-refractivity contribution in [3.05, 3.63) is 75.6 Å². The van der Waals surface area contributed by atoms with Gasteiger partial charge in [0.1, 0.15) is 23.8 Å². The van der Waals surface area contributed by atoms with Crippen LogP contribution in [-0.2, 0) is 14.8 Å². The zero-order valence-corrected chi connectivity index (χ0v) is 20.2. The van der Waals surface area contributed by atoms with Gasteiger partial charge in [0.05, 0.1) is 33.4 Å². The van der Waals surface area contributed by atoms with Crippen LogP contribution in [0.2, 0.25) is 5.02 Å². The summed E-state index contributed by atoms with van der Waals surface area (Å²) < 4.78 is 38.8. The van der Waals surface area contributed by atoms with Gasteiger partial charge in [0, 0.05) is 6.07 Å². The van der Waals surface area contributed by atoms with Crippen LogP contribution in [0.3, 0.4) is 0 Å². The van der Waals surface area contributed by atoms with Crippen LogP contribution in [0.15, 0.2) is 73.5 Å². The number of ether oxygens (including phenoxy) is 1. The molecule has 3 rings (SSSR count). The summed E-state index contributed by atoms with van der Waals surface area (Å²) in [6.45, 7) is 1.24. The molecule has 2 aromatic carbocycles. The first-order chi connectivity index (χ1) is 15.2. The van der Waals surface area contributed by atoms with Gasteiger partial charge in [0.2, 0.25) is 0 Å². The summed E-state index contributed by atoms with van der Waals surface area (Å²) in [6, 6.07) is 13.9. The normalized spacial score (nSPS) is 11.5. The van der Waals surface area contributed by atoms with Gasteiger partial charge in [-0.05, 0) is 53.2 Å². The van der Waals surface area contributed by atoms with E-state index < -0.39 is 22.5 Å². The second-order valence-corrected chi connectivity index (χ2v) is 9.61. The van der Waals surface area contributed by atoms with Gasteiger partial charge in [-0.1, -0.05) is 29.8 Å². The summed E-state index contributed by atoms with van der Waals surface area (Å²) in [5.41, 5.74) is 2.51. The van der Waals surface area contributed by atoms with Crippen molar-refractivity contribution in [2.75, 3.05) is 18.0 Å². The maximum atomic E-state index is 13.3. The number of furan rings is 1. The lowest BCUT2D eigenvalue weighted by Gasteiger charge is -2.24. The number of sulfonamides is 1. The molecule has 0 unspecified atom stereocenters. The van der Waals surface area contributed by atoms with Crippen molar-refractivity contribution in [2.45, 2.75) is 11.8 Å². The Bertz CT molecular complexity index is 1230. The molecule has 0 saturated heterocycles. The number of rotatable bonds is 8. The molecule has 1 aromatic heterocycles. The number of benzene rings is 2. The van der Waals surface area contributed by atoms with Crippen LogP contribution < -0.4 is 14.5 Å². The third-order valence-corrected chi connectivity index (χ3v) is 7.17. The van der Waals surface area contributed by atoms with E-state index in [1.165, 1.54) is 43.7 Å². The van der Waals surface area contributed by atoms with Crippen molar-refractivity contribution in [2.24, 2.45) is 5.10 Å². The Balaban J connectivity index is 1.87. The number of methoxy groups -OCH3 is 1. The fourth-order valence-corrected chi connectivity index (χ4v) is 4.72. The summed E-state index contributed by atoms with van der Waals surface area (Å²) in [5, 5.41) is 4.04. The van der Waals surface area contributed by atoms with Crippen LogP contribution in [0.1, 0.15) is 11.5 Å². The first-order valence-electron chi connectivity index (χ1n) is 9.21. The number of amides is 1. The molecule has 0 atom stereocenters. The third-order valence-electron chi connectivity index (χ3n) is 4.30. The molecule has 1 heterocycles. The van der Waals surface area contributed by atoms with E-state index in [4.69, 9.17) is 20.8 Å². The Morgan fingerprint density at radius 2 is 1.97 bits per heavy atom. The minimum atomic E-state index is -4.07. The van der Waals surface area contributed by atoms with Gasteiger partial charge in [0.25, 0.3) is 15.9 Å². The SMILES string of the molecule is COc1ccc(N(CC(=O)NN=Cc2cc(Br)c(C)o2)S(=O)(=O)c2ccccc2)cc1Cl. The van der Waals surface area contributed by atoms with Crippen molar-refractivity contribution in [1.82, 2.24) is 5.43 Å². The number of carbonyl (C=O) groups is 1. The number of aryl methyl sites for hydroxylation is 1. The summed E-state index contributed by atoms with van der Waals surface area (Å²) >= 11 is 9.51. The molecule has 168 valence electrons. The van der Waals surface area contributed by atoms with Gasteiger partial charge in [-0.15, -0.1) is 0 Å². The lowest BCUT2D eigenvalue weighted by molar-refractivity contribution is -0.119. The second kappa shape index (κ2) is 10.2. The van der Waals surface area contributed by atoms with E-state index in [9.17, 15) is 13.2 Å². The number of carbonyl (C=O) groups excluding carboxylic acids is 1. The van der Waals surface area contributed by atoms with E-state index in [2.05, 4.69) is 26.5 Å². The first kappa shape index (κ1) is 23.8. The van der Waals surface area contributed by atoms with Gasteiger partial charge < -0.3 is 9.15 Å². The maximum absolute atomic E-state index is 13.3. The molecule has 0 fully saturated rings. The Morgan fingerprint density at radius 1 is 1.25 bits per heavy atom. The lowest BCUT2D eigenvalue weighted by Crippen LogP contribution is -2.39. The molecule has 0 aliphatic heterocycles. The average molecular weight is 541 g/mol. The monoisotopic (exact) mass is 539 g/mol. The van der Waals surface area contributed by atoms with Gasteiger partial charge in [-0.3, -0.25) is 9.10 Å². The summed E-state index contributed by atoms with van der Waals surface area (Å²) in [6.07, 6.45) is 1.32. The van der Waals surface area contributed by atoms with Gasteiger partial charge in [-0.25, -0.2) is 13.8 Å². The molecular formula is C21H19BrClN3O5S. The predicted molar refractivity (Wildman–Crippen MR) is 126 cm³/mol. The molecule has 8 nitrogen and oxygen atoms in total. The van der Waals surface area contributed by atoms with Gasteiger partial charge in [-0.2, -0.15) is 5.10 Å². The van der Waals surface area contributed by atoms with Crippen LogP contribution in [0.4, 0.5) is 5.69 Å². The fraction of sp³-hybridized carbons (Fsp3) is 0.143. The smallest absolute Gasteiger partial charge is 0.264 e. The number of hydrazone groups is 1. The third kappa shape index (κ3) is 5.50. The topological polar surface area (TPSA) is 101 Å².